The lowest BCUT2D eigenvalue weighted by atomic mass is 9.81. The summed E-state index contributed by atoms with van der Waals surface area (Å²) < 4.78 is 0. The Bertz CT molecular complexity index is 471. The van der Waals surface area contributed by atoms with E-state index in [0.717, 1.165) is 11.8 Å². The van der Waals surface area contributed by atoms with Gasteiger partial charge >= 0.3 is 0 Å². The van der Waals surface area contributed by atoms with Crippen molar-refractivity contribution in [3.05, 3.63) is 53.1 Å². The molecule has 1 aromatic rings. The molecule has 2 atom stereocenters. The lowest BCUT2D eigenvalue weighted by molar-refractivity contribution is 0.568. The van der Waals surface area contributed by atoms with Gasteiger partial charge in [0.2, 0.25) is 0 Å². The van der Waals surface area contributed by atoms with Crippen LogP contribution in [-0.4, -0.2) is 0 Å². The molecule has 0 bridgehead atoms. The maximum atomic E-state index is 2.41. The van der Waals surface area contributed by atoms with Gasteiger partial charge in [-0.3, -0.25) is 0 Å². The van der Waals surface area contributed by atoms with Crippen molar-refractivity contribution in [1.82, 2.24) is 0 Å². The van der Waals surface area contributed by atoms with Crippen molar-refractivity contribution in [2.24, 2.45) is 11.8 Å². The van der Waals surface area contributed by atoms with Crippen LogP contribution >= 0.6 is 0 Å². The topological polar surface area (TPSA) is 0 Å². The highest BCUT2D eigenvalue weighted by molar-refractivity contribution is 5.71. The van der Waals surface area contributed by atoms with Crippen molar-refractivity contribution < 1.29 is 0 Å². The number of fused-ring (bicyclic) bond motifs is 1. The van der Waals surface area contributed by atoms with Gasteiger partial charge in [0.15, 0.2) is 0 Å². The van der Waals surface area contributed by atoms with E-state index in [-0.39, 0.29) is 0 Å². The van der Waals surface area contributed by atoms with Crippen molar-refractivity contribution in [1.29, 1.82) is 0 Å². The molecule has 3 rings (SSSR count). The summed E-state index contributed by atoms with van der Waals surface area (Å²) in [6.07, 6.45) is 11.1. The van der Waals surface area contributed by atoms with Crippen molar-refractivity contribution in [2.45, 2.75) is 33.1 Å². The molecule has 0 aliphatic heterocycles. The highest BCUT2D eigenvalue weighted by Crippen LogP contribution is 2.44. The van der Waals surface area contributed by atoms with Gasteiger partial charge in [-0.2, -0.15) is 0 Å². The van der Waals surface area contributed by atoms with Crippen LogP contribution in [0.4, 0.5) is 0 Å². The first-order valence-corrected chi connectivity index (χ1v) is 6.71. The highest BCUT2D eigenvalue weighted by Gasteiger charge is 2.30. The average Bonchev–Trinajstić information content (AvgIpc) is 2.75. The molecular formula is C17H20. The zero-order valence-corrected chi connectivity index (χ0v) is 10.7. The smallest absolute Gasteiger partial charge is 0.00930 e. The minimum Gasteiger partial charge on any atom is -0.0808 e. The second-order valence-corrected chi connectivity index (χ2v) is 5.58. The van der Waals surface area contributed by atoms with Gasteiger partial charge in [-0.05, 0) is 49.7 Å². The van der Waals surface area contributed by atoms with Gasteiger partial charge < -0.3 is 0 Å². The van der Waals surface area contributed by atoms with E-state index in [4.69, 9.17) is 0 Å². The zero-order chi connectivity index (χ0) is 11.8. The van der Waals surface area contributed by atoms with Gasteiger partial charge in [-0.25, -0.2) is 0 Å². The van der Waals surface area contributed by atoms with Crippen LogP contribution < -0.4 is 0 Å². The fraction of sp³-hybridized carbons (Fsp3) is 0.412. The monoisotopic (exact) mass is 224 g/mol. The van der Waals surface area contributed by atoms with Crippen LogP contribution in [0.15, 0.2) is 36.4 Å². The SMILES string of the molecule is Cc1cc(C)cc(C2=CC=CC3CCCC23)c1. The summed E-state index contributed by atoms with van der Waals surface area (Å²) in [7, 11) is 0. The quantitative estimate of drug-likeness (QED) is 0.650. The molecule has 17 heavy (non-hydrogen) atoms. The minimum atomic E-state index is 0.779. The third-order valence-corrected chi connectivity index (χ3v) is 4.16. The van der Waals surface area contributed by atoms with Crippen molar-refractivity contribution in [3.63, 3.8) is 0 Å². The number of hydrogen-bond acceptors (Lipinski definition) is 0. The summed E-state index contributed by atoms with van der Waals surface area (Å²) in [5.74, 6) is 1.58. The van der Waals surface area contributed by atoms with E-state index in [0.29, 0.717) is 0 Å². The van der Waals surface area contributed by atoms with E-state index in [1.807, 2.05) is 0 Å². The lowest BCUT2D eigenvalue weighted by Crippen LogP contribution is -2.10. The molecule has 0 heteroatoms. The maximum Gasteiger partial charge on any atom is -0.00930 e. The summed E-state index contributed by atoms with van der Waals surface area (Å²) in [5.41, 5.74) is 5.78. The van der Waals surface area contributed by atoms with Gasteiger partial charge in [0.05, 0.1) is 0 Å². The molecule has 0 nitrogen and oxygen atoms in total. The second kappa shape index (κ2) is 4.18. The van der Waals surface area contributed by atoms with E-state index >= 15 is 0 Å². The zero-order valence-electron chi connectivity index (χ0n) is 10.7. The molecule has 2 aliphatic rings. The Hall–Kier alpha value is -1.30. The molecule has 1 aromatic carbocycles. The summed E-state index contributed by atoms with van der Waals surface area (Å²) in [6.45, 7) is 4.39. The highest BCUT2D eigenvalue weighted by atomic mass is 14.3. The summed E-state index contributed by atoms with van der Waals surface area (Å²) >= 11 is 0. The molecule has 0 saturated heterocycles. The molecule has 0 radical (unpaired) electrons. The third-order valence-electron chi connectivity index (χ3n) is 4.16. The number of rotatable bonds is 1. The van der Waals surface area contributed by atoms with E-state index in [9.17, 15) is 0 Å². The Morgan fingerprint density at radius 3 is 2.53 bits per heavy atom. The first-order valence-electron chi connectivity index (χ1n) is 6.71. The molecule has 1 saturated carbocycles. The molecule has 2 aliphatic carbocycles. The number of hydrogen-bond donors (Lipinski definition) is 0. The van der Waals surface area contributed by atoms with Gasteiger partial charge in [-0.1, -0.05) is 54.0 Å². The molecule has 1 fully saturated rings. The molecule has 0 amide bonds. The molecule has 2 unspecified atom stereocenters. The van der Waals surface area contributed by atoms with Gasteiger partial charge in [0.25, 0.3) is 0 Å². The fourth-order valence-electron chi connectivity index (χ4n) is 3.48. The van der Waals surface area contributed by atoms with Crippen LogP contribution in [0.5, 0.6) is 0 Å². The molecular weight excluding hydrogens is 204 g/mol. The molecule has 88 valence electrons. The summed E-state index contributed by atoms with van der Waals surface area (Å²) in [6, 6.07) is 6.94. The first kappa shape index (κ1) is 10.8. The second-order valence-electron chi connectivity index (χ2n) is 5.58. The fourth-order valence-corrected chi connectivity index (χ4v) is 3.48. The number of aryl methyl sites for hydroxylation is 2. The average molecular weight is 224 g/mol. The van der Waals surface area contributed by atoms with Crippen LogP contribution in [0.25, 0.3) is 5.57 Å². The van der Waals surface area contributed by atoms with Crippen LogP contribution in [0.2, 0.25) is 0 Å². The summed E-state index contributed by atoms with van der Waals surface area (Å²) in [5, 5.41) is 0. The maximum absolute atomic E-state index is 2.41. The van der Waals surface area contributed by atoms with E-state index in [1.54, 1.807) is 5.57 Å². The minimum absolute atomic E-state index is 0.779. The van der Waals surface area contributed by atoms with Crippen LogP contribution in [0, 0.1) is 25.7 Å². The Morgan fingerprint density at radius 1 is 1.00 bits per heavy atom. The predicted molar refractivity (Wildman–Crippen MR) is 73.9 cm³/mol. The predicted octanol–water partition coefficient (Wildman–Crippen LogP) is 4.67. The first-order chi connectivity index (χ1) is 8.24. The lowest BCUT2D eigenvalue weighted by Gasteiger charge is -2.24. The molecule has 0 aromatic heterocycles. The Kier molecular flexibility index (Phi) is 2.66. The Labute approximate surface area is 104 Å². The van der Waals surface area contributed by atoms with E-state index < -0.39 is 0 Å². The molecule has 0 heterocycles. The van der Waals surface area contributed by atoms with Crippen LogP contribution in [0.1, 0.15) is 36.0 Å². The van der Waals surface area contributed by atoms with Gasteiger partial charge in [-0.15, -0.1) is 0 Å². The number of allylic oxidation sites excluding steroid dienone is 4. The Morgan fingerprint density at radius 2 is 1.76 bits per heavy atom. The van der Waals surface area contributed by atoms with Crippen LogP contribution in [-0.2, 0) is 0 Å². The number of benzene rings is 1. The van der Waals surface area contributed by atoms with Crippen molar-refractivity contribution in [2.75, 3.05) is 0 Å². The molecule has 0 N–H and O–H groups in total. The Balaban J connectivity index is 2.02. The van der Waals surface area contributed by atoms with E-state index in [1.165, 1.54) is 36.0 Å². The van der Waals surface area contributed by atoms with Crippen molar-refractivity contribution in [3.8, 4) is 0 Å². The summed E-state index contributed by atoms with van der Waals surface area (Å²) in [4.78, 5) is 0. The normalized spacial score (nSPS) is 26.8. The molecule has 0 spiro atoms. The van der Waals surface area contributed by atoms with Gasteiger partial charge in [0.1, 0.15) is 0 Å². The third kappa shape index (κ3) is 1.97. The van der Waals surface area contributed by atoms with Crippen molar-refractivity contribution >= 4 is 5.57 Å². The standard InChI is InChI=1S/C17H20/c1-12-9-13(2)11-15(10-12)17-8-4-6-14-5-3-7-16(14)17/h4,6,8-11,14,16H,3,5,7H2,1-2H3. The van der Waals surface area contributed by atoms with Gasteiger partial charge in [0, 0.05) is 0 Å². The largest absolute Gasteiger partial charge is 0.0808 e. The van der Waals surface area contributed by atoms with Crippen LogP contribution in [0.3, 0.4) is 0 Å². The van der Waals surface area contributed by atoms with E-state index in [2.05, 4.69) is 50.3 Å².